The van der Waals surface area contributed by atoms with Gasteiger partial charge in [0.2, 0.25) is 11.8 Å². The number of carbonyl (C=O) groups is 2. The van der Waals surface area contributed by atoms with E-state index in [1.54, 1.807) is 30.5 Å². The van der Waals surface area contributed by atoms with Gasteiger partial charge in [-0.2, -0.15) is 0 Å². The van der Waals surface area contributed by atoms with Gasteiger partial charge in [0.15, 0.2) is 0 Å². The van der Waals surface area contributed by atoms with Crippen molar-refractivity contribution < 1.29 is 29.6 Å². The van der Waals surface area contributed by atoms with Crippen LogP contribution in [0.25, 0.3) is 11.6 Å². The van der Waals surface area contributed by atoms with Crippen LogP contribution in [0.1, 0.15) is 30.5 Å². The highest BCUT2D eigenvalue weighted by molar-refractivity contribution is 6.05. The van der Waals surface area contributed by atoms with Gasteiger partial charge in [-0.05, 0) is 84.0 Å². The summed E-state index contributed by atoms with van der Waals surface area (Å²) >= 11 is 0. The number of imide groups is 1. The highest BCUT2D eigenvalue weighted by Crippen LogP contribution is 2.46. The summed E-state index contributed by atoms with van der Waals surface area (Å²) < 4.78 is 6.04. The average Bonchev–Trinajstić information content (AvgIpc) is 3.22. The van der Waals surface area contributed by atoms with Crippen molar-refractivity contribution in [2.24, 2.45) is 17.8 Å². The normalized spacial score (nSPS) is 21.7. The molecule has 1 aromatic heterocycles. The second-order valence-corrected chi connectivity index (χ2v) is 10.6. The summed E-state index contributed by atoms with van der Waals surface area (Å²) in [6.45, 7) is -0.233. The first kappa shape index (κ1) is 28.3. The van der Waals surface area contributed by atoms with E-state index < -0.39 is 23.9 Å². The molecule has 1 aliphatic heterocycles. The zero-order chi connectivity index (χ0) is 28.9. The van der Waals surface area contributed by atoms with Gasteiger partial charge in [0.25, 0.3) is 0 Å². The number of aromatic nitrogens is 1. The number of aromatic hydroxyl groups is 1. The molecule has 2 aromatic carbocycles. The van der Waals surface area contributed by atoms with Crippen molar-refractivity contribution in [1.29, 1.82) is 0 Å². The number of aliphatic hydroxyl groups excluding tert-OH is 2. The number of allylic oxidation sites excluding steroid dienone is 1. The maximum absolute atomic E-state index is 13.1. The number of phenolic OH excluding ortho intramolecular Hbond substituents is 1. The lowest BCUT2D eigenvalue weighted by atomic mass is 9.68. The molecule has 1 fully saturated rings. The molecule has 212 valence electrons. The van der Waals surface area contributed by atoms with Gasteiger partial charge in [-0.3, -0.25) is 19.5 Å². The van der Waals surface area contributed by atoms with Crippen LogP contribution in [-0.4, -0.2) is 63.4 Å². The minimum atomic E-state index is -0.983. The number of rotatable bonds is 10. The Morgan fingerprint density at radius 1 is 1.05 bits per heavy atom. The largest absolute Gasteiger partial charge is 0.508 e. The van der Waals surface area contributed by atoms with Crippen LogP contribution in [0.2, 0.25) is 0 Å². The summed E-state index contributed by atoms with van der Waals surface area (Å²) in [7, 11) is 1.47. The molecule has 2 amide bonds. The van der Waals surface area contributed by atoms with Crippen LogP contribution >= 0.6 is 0 Å². The number of phenols is 1. The number of pyridine rings is 1. The number of benzene rings is 2. The lowest BCUT2D eigenvalue weighted by Crippen LogP contribution is -2.39. The van der Waals surface area contributed by atoms with Crippen LogP contribution in [0.5, 0.6) is 11.5 Å². The molecule has 4 atom stereocenters. The minimum Gasteiger partial charge on any atom is -0.508 e. The fraction of sp³-hybridized carbons (Fsp3) is 0.303. The molecule has 0 radical (unpaired) electrons. The molecule has 0 saturated carbocycles. The van der Waals surface area contributed by atoms with E-state index in [0.29, 0.717) is 24.2 Å². The molecule has 3 N–H and O–H groups in total. The lowest BCUT2D eigenvalue weighted by Gasteiger charge is -2.36. The number of hydrogen-bond donors (Lipinski definition) is 3. The van der Waals surface area contributed by atoms with Crippen LogP contribution in [0, 0.1) is 17.8 Å². The van der Waals surface area contributed by atoms with Gasteiger partial charge in [0.05, 0.1) is 30.2 Å². The topological polar surface area (TPSA) is 120 Å². The Bertz CT molecular complexity index is 1440. The van der Waals surface area contributed by atoms with Crippen molar-refractivity contribution in [2.45, 2.75) is 25.4 Å². The number of likely N-dealkylation sites (tertiary alicyclic amines) is 1. The van der Waals surface area contributed by atoms with Gasteiger partial charge in [0.1, 0.15) is 18.1 Å². The molecule has 8 heteroatoms. The van der Waals surface area contributed by atoms with E-state index in [-0.39, 0.29) is 37.2 Å². The summed E-state index contributed by atoms with van der Waals surface area (Å²) in [6.07, 6.45) is 3.73. The maximum atomic E-state index is 13.1. The molecular formula is C33H34N2O6. The first-order chi connectivity index (χ1) is 19.9. The Kier molecular flexibility index (Phi) is 8.61. The molecule has 0 spiro atoms. The third kappa shape index (κ3) is 6.09. The number of nitrogens with zero attached hydrogens (tertiary/aromatic N) is 2. The number of carbonyl (C=O) groups excluding carboxylic acids is 2. The molecule has 0 unspecified atom stereocenters. The Balaban J connectivity index is 1.46. The Hall–Kier alpha value is -4.27. The van der Waals surface area contributed by atoms with E-state index in [0.717, 1.165) is 27.3 Å². The molecule has 5 rings (SSSR count). The van der Waals surface area contributed by atoms with Crippen molar-refractivity contribution in [3.8, 4) is 11.5 Å². The maximum Gasteiger partial charge on any atom is 0.233 e. The minimum absolute atomic E-state index is 0.137. The molecular weight excluding hydrogens is 520 g/mol. The first-order valence-electron chi connectivity index (χ1n) is 13.8. The van der Waals surface area contributed by atoms with Crippen molar-refractivity contribution in [3.05, 3.63) is 101 Å². The van der Waals surface area contributed by atoms with Crippen molar-refractivity contribution in [3.63, 3.8) is 0 Å². The molecule has 8 nitrogen and oxygen atoms in total. The lowest BCUT2D eigenvalue weighted by molar-refractivity contribution is -0.138. The first-order valence-corrected chi connectivity index (χ1v) is 13.8. The van der Waals surface area contributed by atoms with E-state index in [9.17, 15) is 24.9 Å². The van der Waals surface area contributed by atoms with Crippen LogP contribution in [0.3, 0.4) is 0 Å². The van der Waals surface area contributed by atoms with Crippen LogP contribution in [-0.2, 0) is 9.59 Å². The molecule has 0 bridgehead atoms. The number of amides is 2. The van der Waals surface area contributed by atoms with Crippen LogP contribution in [0.4, 0.5) is 0 Å². The van der Waals surface area contributed by atoms with Gasteiger partial charge < -0.3 is 20.1 Å². The van der Waals surface area contributed by atoms with E-state index >= 15 is 0 Å². The Morgan fingerprint density at radius 2 is 1.78 bits per heavy atom. The molecule has 3 aromatic rings. The second kappa shape index (κ2) is 12.5. The van der Waals surface area contributed by atoms with Crippen LogP contribution in [0.15, 0.2) is 90.1 Å². The number of fused-ring (bicyclic) bond motifs is 1. The van der Waals surface area contributed by atoms with Gasteiger partial charge in [-0.1, -0.05) is 36.4 Å². The standard InChI is InChI=1S/C33H34N2O6/c1-35-32(39)26-18-23(20-41-25-7-3-2-4-8-25)30(27(19-36)31(26)33(35)40)29(38)15-12-22(28-9-5-6-16-34-28)17-21-10-13-24(37)14-11-21/h2-11,13-14,16-17,26-27,29,31,36-38H,12,15,18-20H2,1H3/b22-17-/t26-,27+,29-,31-/m1/s1. The molecule has 1 saturated heterocycles. The third-order valence-corrected chi connectivity index (χ3v) is 8.03. The highest BCUT2D eigenvalue weighted by atomic mass is 16.5. The quantitative estimate of drug-likeness (QED) is 0.255. The highest BCUT2D eigenvalue weighted by Gasteiger charge is 2.53. The van der Waals surface area contributed by atoms with Crippen molar-refractivity contribution in [1.82, 2.24) is 9.88 Å². The molecule has 41 heavy (non-hydrogen) atoms. The summed E-state index contributed by atoms with van der Waals surface area (Å²) in [5.41, 5.74) is 3.83. The summed E-state index contributed by atoms with van der Waals surface area (Å²) in [4.78, 5) is 31.7. The van der Waals surface area contributed by atoms with E-state index in [4.69, 9.17) is 4.74 Å². The number of ether oxygens (including phenoxy) is 1. The van der Waals surface area contributed by atoms with Gasteiger partial charge in [-0.25, -0.2) is 0 Å². The Labute approximate surface area is 239 Å². The summed E-state index contributed by atoms with van der Waals surface area (Å²) in [5, 5.41) is 31.9. The number of para-hydroxylation sites is 1. The van der Waals surface area contributed by atoms with Gasteiger partial charge in [0, 0.05) is 19.2 Å². The smallest absolute Gasteiger partial charge is 0.233 e. The van der Waals surface area contributed by atoms with E-state index in [1.807, 2.05) is 54.6 Å². The summed E-state index contributed by atoms with van der Waals surface area (Å²) in [5.74, 6) is -1.77. The summed E-state index contributed by atoms with van der Waals surface area (Å²) in [6, 6.07) is 21.7. The number of hydrogen-bond acceptors (Lipinski definition) is 7. The predicted molar refractivity (Wildman–Crippen MR) is 154 cm³/mol. The fourth-order valence-electron chi connectivity index (χ4n) is 5.98. The van der Waals surface area contributed by atoms with Crippen molar-refractivity contribution in [2.75, 3.05) is 20.3 Å². The van der Waals surface area contributed by atoms with E-state index in [1.165, 1.54) is 7.05 Å². The number of aliphatic hydroxyl groups is 2. The molecule has 2 heterocycles. The Morgan fingerprint density at radius 3 is 2.46 bits per heavy atom. The van der Waals surface area contributed by atoms with Gasteiger partial charge in [-0.15, -0.1) is 0 Å². The monoisotopic (exact) mass is 554 g/mol. The van der Waals surface area contributed by atoms with Gasteiger partial charge >= 0.3 is 0 Å². The third-order valence-electron chi connectivity index (χ3n) is 8.03. The average molecular weight is 555 g/mol. The second-order valence-electron chi connectivity index (χ2n) is 10.6. The van der Waals surface area contributed by atoms with E-state index in [2.05, 4.69) is 4.98 Å². The van der Waals surface area contributed by atoms with Crippen LogP contribution < -0.4 is 4.74 Å². The zero-order valence-electron chi connectivity index (χ0n) is 22.9. The zero-order valence-corrected chi connectivity index (χ0v) is 22.9. The fourth-order valence-corrected chi connectivity index (χ4v) is 5.98. The van der Waals surface area contributed by atoms with Crippen molar-refractivity contribution >= 4 is 23.5 Å². The SMILES string of the molecule is CN1C(=O)[C@@H]2[C@@H](CC(COc3ccccc3)=C([C@H](O)CC/C(=C/c3ccc(O)cc3)c3ccccn3)[C@@H]2CO)C1=O. The predicted octanol–water partition coefficient (Wildman–Crippen LogP) is 4.09. The molecule has 1 aliphatic carbocycles. The molecule has 2 aliphatic rings.